The highest BCUT2D eigenvalue weighted by molar-refractivity contribution is 6.04. The molecule has 0 fully saturated rings. The van der Waals surface area contributed by atoms with E-state index in [0.717, 1.165) is 5.56 Å². The Kier molecular flexibility index (Phi) is 4.89. The maximum Gasteiger partial charge on any atom is 0.272 e. The number of anilines is 1. The van der Waals surface area contributed by atoms with Crippen molar-refractivity contribution in [2.75, 3.05) is 5.32 Å². The van der Waals surface area contributed by atoms with E-state index in [9.17, 15) is 9.59 Å². The van der Waals surface area contributed by atoms with Gasteiger partial charge in [0.2, 0.25) is 0 Å². The lowest BCUT2D eigenvalue weighted by Gasteiger charge is -2.04. The predicted molar refractivity (Wildman–Crippen MR) is 95.2 cm³/mol. The van der Waals surface area contributed by atoms with Crippen molar-refractivity contribution in [3.8, 4) is 0 Å². The van der Waals surface area contributed by atoms with E-state index >= 15 is 0 Å². The molecular weight excluding hydrogens is 316 g/mol. The molecule has 0 saturated carbocycles. The highest BCUT2D eigenvalue weighted by Crippen LogP contribution is 2.11. The molecule has 1 aromatic heterocycles. The second-order valence-corrected chi connectivity index (χ2v) is 5.53. The number of nitrogens with one attached hydrogen (secondary N) is 2. The highest BCUT2D eigenvalue weighted by atomic mass is 16.2. The van der Waals surface area contributed by atoms with Crippen LogP contribution in [0.4, 0.5) is 5.82 Å². The van der Waals surface area contributed by atoms with E-state index < -0.39 is 0 Å². The van der Waals surface area contributed by atoms with Crippen LogP contribution in [0.1, 0.15) is 26.4 Å². The van der Waals surface area contributed by atoms with E-state index in [4.69, 9.17) is 0 Å². The Morgan fingerprint density at radius 1 is 0.960 bits per heavy atom. The number of carbonyl (C=O) groups is 2. The van der Waals surface area contributed by atoms with E-state index in [2.05, 4.69) is 15.7 Å². The Labute approximate surface area is 145 Å². The largest absolute Gasteiger partial charge is 0.347 e. The maximum atomic E-state index is 12.2. The number of aromatic nitrogens is 2. The summed E-state index contributed by atoms with van der Waals surface area (Å²) in [7, 11) is 1.68. The summed E-state index contributed by atoms with van der Waals surface area (Å²) in [5.74, 6) is -0.0850. The van der Waals surface area contributed by atoms with Gasteiger partial charge in [-0.3, -0.25) is 14.3 Å². The zero-order valence-corrected chi connectivity index (χ0v) is 13.8. The van der Waals surface area contributed by atoms with Crippen LogP contribution in [0.2, 0.25) is 0 Å². The van der Waals surface area contributed by atoms with Gasteiger partial charge in [0.05, 0.1) is 0 Å². The molecule has 0 saturated heterocycles. The topological polar surface area (TPSA) is 76.0 Å². The molecule has 3 aromatic rings. The summed E-state index contributed by atoms with van der Waals surface area (Å²) in [5.41, 5.74) is 1.80. The van der Waals surface area contributed by atoms with Crippen molar-refractivity contribution in [1.82, 2.24) is 15.1 Å². The summed E-state index contributed by atoms with van der Waals surface area (Å²) >= 11 is 0. The molecule has 6 nitrogen and oxygen atoms in total. The van der Waals surface area contributed by atoms with Gasteiger partial charge in [0.25, 0.3) is 11.8 Å². The van der Waals surface area contributed by atoms with E-state index in [1.165, 1.54) is 4.68 Å². The molecule has 0 aliphatic rings. The van der Waals surface area contributed by atoms with Crippen molar-refractivity contribution in [2.24, 2.45) is 7.05 Å². The van der Waals surface area contributed by atoms with Gasteiger partial charge in [-0.05, 0) is 17.7 Å². The number of hydrogen-bond acceptors (Lipinski definition) is 3. The van der Waals surface area contributed by atoms with Crippen molar-refractivity contribution in [1.29, 1.82) is 0 Å². The number of carbonyl (C=O) groups excluding carboxylic acids is 2. The molecule has 126 valence electrons. The number of rotatable bonds is 5. The highest BCUT2D eigenvalue weighted by Gasteiger charge is 2.15. The summed E-state index contributed by atoms with van der Waals surface area (Å²) < 4.78 is 1.47. The first-order valence-corrected chi connectivity index (χ1v) is 7.86. The van der Waals surface area contributed by atoms with E-state index in [1.807, 2.05) is 36.4 Å². The molecule has 2 N–H and O–H groups in total. The third-order valence-electron chi connectivity index (χ3n) is 3.69. The Bertz CT molecular complexity index is 873. The molecular formula is C19H18N4O2. The van der Waals surface area contributed by atoms with Crippen molar-refractivity contribution >= 4 is 17.6 Å². The van der Waals surface area contributed by atoms with Crippen LogP contribution in [-0.2, 0) is 13.6 Å². The standard InChI is InChI=1S/C19H18N4O2/c1-23-17(21-18(24)15-10-6-3-7-11-15)12-16(22-23)19(25)20-13-14-8-4-2-5-9-14/h2-12H,13H2,1H3,(H,20,25)(H,21,24). The van der Waals surface area contributed by atoms with Crippen LogP contribution in [0.5, 0.6) is 0 Å². The lowest BCUT2D eigenvalue weighted by atomic mass is 10.2. The predicted octanol–water partition coefficient (Wildman–Crippen LogP) is 2.60. The molecule has 2 amide bonds. The molecule has 0 unspecified atom stereocenters. The van der Waals surface area contributed by atoms with Gasteiger partial charge in [-0.25, -0.2) is 0 Å². The minimum Gasteiger partial charge on any atom is -0.347 e. The van der Waals surface area contributed by atoms with Crippen molar-refractivity contribution in [3.63, 3.8) is 0 Å². The first kappa shape index (κ1) is 16.4. The first-order chi connectivity index (χ1) is 12.1. The summed E-state index contributed by atoms with van der Waals surface area (Å²) in [5, 5.41) is 9.73. The van der Waals surface area contributed by atoms with Gasteiger partial charge >= 0.3 is 0 Å². The van der Waals surface area contributed by atoms with Crippen molar-refractivity contribution in [2.45, 2.75) is 6.54 Å². The third kappa shape index (κ3) is 4.11. The third-order valence-corrected chi connectivity index (χ3v) is 3.69. The zero-order chi connectivity index (χ0) is 17.6. The fourth-order valence-electron chi connectivity index (χ4n) is 2.34. The van der Waals surface area contributed by atoms with Crippen LogP contribution in [0.3, 0.4) is 0 Å². The molecule has 25 heavy (non-hydrogen) atoms. The zero-order valence-electron chi connectivity index (χ0n) is 13.8. The fourth-order valence-corrected chi connectivity index (χ4v) is 2.34. The van der Waals surface area contributed by atoms with E-state index in [1.54, 1.807) is 37.4 Å². The van der Waals surface area contributed by atoms with Gasteiger partial charge in [0.1, 0.15) is 5.82 Å². The number of benzene rings is 2. The normalized spacial score (nSPS) is 10.3. The minimum absolute atomic E-state index is 0.250. The number of amides is 2. The summed E-state index contributed by atoms with van der Waals surface area (Å²) in [4.78, 5) is 24.4. The van der Waals surface area contributed by atoms with Crippen LogP contribution in [0.25, 0.3) is 0 Å². The van der Waals surface area contributed by atoms with Gasteiger partial charge in [-0.2, -0.15) is 5.10 Å². The lowest BCUT2D eigenvalue weighted by molar-refractivity contribution is 0.0944. The quantitative estimate of drug-likeness (QED) is 0.753. The van der Waals surface area contributed by atoms with Gasteiger partial charge < -0.3 is 10.6 Å². The monoisotopic (exact) mass is 334 g/mol. The Hall–Kier alpha value is -3.41. The first-order valence-electron chi connectivity index (χ1n) is 7.86. The molecule has 0 bridgehead atoms. The Balaban J connectivity index is 1.65. The molecule has 0 spiro atoms. The Morgan fingerprint density at radius 3 is 2.28 bits per heavy atom. The van der Waals surface area contributed by atoms with Gasteiger partial charge in [0.15, 0.2) is 5.69 Å². The van der Waals surface area contributed by atoms with E-state index in [-0.39, 0.29) is 17.5 Å². The molecule has 0 aliphatic carbocycles. The maximum absolute atomic E-state index is 12.2. The van der Waals surface area contributed by atoms with Crippen LogP contribution >= 0.6 is 0 Å². The van der Waals surface area contributed by atoms with Gasteiger partial charge in [-0.15, -0.1) is 0 Å². The summed E-state index contributed by atoms with van der Waals surface area (Å²) in [6, 6.07) is 20.1. The molecule has 0 aliphatic heterocycles. The molecule has 2 aromatic carbocycles. The molecule has 1 heterocycles. The summed E-state index contributed by atoms with van der Waals surface area (Å²) in [6.45, 7) is 0.419. The molecule has 0 atom stereocenters. The molecule has 3 rings (SSSR count). The fraction of sp³-hybridized carbons (Fsp3) is 0.105. The summed E-state index contributed by atoms with van der Waals surface area (Å²) in [6.07, 6.45) is 0. The number of nitrogens with zero attached hydrogens (tertiary/aromatic N) is 2. The smallest absolute Gasteiger partial charge is 0.272 e. The molecule has 6 heteroatoms. The van der Waals surface area contributed by atoms with Crippen molar-refractivity contribution < 1.29 is 9.59 Å². The van der Waals surface area contributed by atoms with Gasteiger partial charge in [0, 0.05) is 25.2 Å². The minimum atomic E-state index is -0.292. The number of hydrogen-bond donors (Lipinski definition) is 2. The van der Waals surface area contributed by atoms with Crippen LogP contribution in [-0.4, -0.2) is 21.6 Å². The average molecular weight is 334 g/mol. The van der Waals surface area contributed by atoms with Crippen molar-refractivity contribution in [3.05, 3.63) is 83.6 Å². The van der Waals surface area contributed by atoms with Crippen LogP contribution in [0.15, 0.2) is 66.7 Å². The second kappa shape index (κ2) is 7.44. The van der Waals surface area contributed by atoms with Crippen LogP contribution < -0.4 is 10.6 Å². The van der Waals surface area contributed by atoms with E-state index in [0.29, 0.717) is 17.9 Å². The van der Waals surface area contributed by atoms with Crippen LogP contribution in [0, 0.1) is 0 Å². The number of aryl methyl sites for hydroxylation is 1. The Morgan fingerprint density at radius 2 is 1.60 bits per heavy atom. The average Bonchev–Trinajstić information content (AvgIpc) is 3.02. The molecule has 0 radical (unpaired) electrons. The lowest BCUT2D eigenvalue weighted by Crippen LogP contribution is -2.23. The SMILES string of the molecule is Cn1nc(C(=O)NCc2ccccc2)cc1NC(=O)c1ccccc1. The second-order valence-electron chi connectivity index (χ2n) is 5.53. The van der Waals surface area contributed by atoms with Gasteiger partial charge in [-0.1, -0.05) is 48.5 Å².